The standard InChI is InChI=1S/C18H24N2O7/c1-19-15(21)18(16(22)20(2)17(19)23,9-3-5-13-24-7-11(9)26-13)10-4-6-14-25-8-12(10)27-14/h9-14H,3-8H2,1-2H3/t9-,10-,11-,12-,13+,14+/m1/s1. The zero-order chi connectivity index (χ0) is 18.9. The Kier molecular flexibility index (Phi) is 3.88. The Morgan fingerprint density at radius 3 is 1.67 bits per heavy atom. The SMILES string of the molecule is CN1C(=O)N(C)C(=O)C([C@@H]2CC[C@H]3OC[C@H]2O3)([C@@H]2CC[C@H]3OC[C@H]2O3)C1=O. The number of urea groups is 1. The normalized spacial score (nSPS) is 43.6. The second kappa shape index (κ2) is 5.97. The lowest BCUT2D eigenvalue weighted by Gasteiger charge is -2.53. The number of fused-ring (bicyclic) bond motifs is 4. The molecule has 0 spiro atoms. The minimum atomic E-state index is -1.40. The maximum Gasteiger partial charge on any atom is 0.332 e. The molecule has 5 fully saturated rings. The van der Waals surface area contributed by atoms with Crippen molar-refractivity contribution in [1.82, 2.24) is 9.80 Å². The third-order valence-corrected chi connectivity index (χ3v) is 6.93. The van der Waals surface area contributed by atoms with Gasteiger partial charge in [-0.2, -0.15) is 0 Å². The minimum Gasteiger partial charge on any atom is -0.350 e. The first kappa shape index (κ1) is 17.5. The van der Waals surface area contributed by atoms with Gasteiger partial charge in [-0.3, -0.25) is 19.4 Å². The van der Waals surface area contributed by atoms with Gasteiger partial charge in [0.05, 0.1) is 25.4 Å². The molecule has 0 radical (unpaired) electrons. The summed E-state index contributed by atoms with van der Waals surface area (Å²) in [5, 5.41) is 0. The average Bonchev–Trinajstić information content (AvgIpc) is 3.24. The lowest BCUT2D eigenvalue weighted by molar-refractivity contribution is -0.195. The van der Waals surface area contributed by atoms with E-state index in [9.17, 15) is 14.4 Å². The van der Waals surface area contributed by atoms with E-state index in [0.29, 0.717) is 38.9 Å². The van der Waals surface area contributed by atoms with Gasteiger partial charge in [0, 0.05) is 25.9 Å². The highest BCUT2D eigenvalue weighted by Gasteiger charge is 2.68. The van der Waals surface area contributed by atoms with Crippen molar-refractivity contribution in [1.29, 1.82) is 0 Å². The highest BCUT2D eigenvalue weighted by atomic mass is 16.7. The molecule has 9 nitrogen and oxygen atoms in total. The van der Waals surface area contributed by atoms with E-state index in [4.69, 9.17) is 18.9 Å². The molecule has 0 aliphatic carbocycles. The predicted octanol–water partition coefficient (Wildman–Crippen LogP) is 0.326. The molecule has 0 aromatic carbocycles. The Morgan fingerprint density at radius 1 is 0.778 bits per heavy atom. The molecule has 5 heterocycles. The number of ether oxygens (including phenoxy) is 4. The minimum absolute atomic E-state index is 0.268. The number of barbiturate groups is 1. The fourth-order valence-electron chi connectivity index (χ4n) is 5.68. The van der Waals surface area contributed by atoms with Crippen LogP contribution in [0.1, 0.15) is 25.7 Å². The summed E-state index contributed by atoms with van der Waals surface area (Å²) in [7, 11) is 2.88. The Hall–Kier alpha value is -1.55. The molecule has 0 unspecified atom stereocenters. The fourth-order valence-corrected chi connectivity index (χ4v) is 5.68. The summed E-state index contributed by atoms with van der Waals surface area (Å²) in [6.45, 7) is 0.715. The van der Waals surface area contributed by atoms with Gasteiger partial charge in [0.15, 0.2) is 12.6 Å². The molecule has 6 atom stereocenters. The molecule has 27 heavy (non-hydrogen) atoms. The van der Waals surface area contributed by atoms with Gasteiger partial charge in [-0.1, -0.05) is 0 Å². The van der Waals surface area contributed by atoms with Gasteiger partial charge in [-0.15, -0.1) is 0 Å². The molecule has 5 rings (SSSR count). The van der Waals surface area contributed by atoms with Crippen LogP contribution in [0.5, 0.6) is 0 Å². The molecule has 148 valence electrons. The van der Waals surface area contributed by atoms with Crippen LogP contribution in [0.25, 0.3) is 0 Å². The third-order valence-electron chi connectivity index (χ3n) is 6.93. The highest BCUT2D eigenvalue weighted by Crippen LogP contribution is 2.54. The van der Waals surface area contributed by atoms with Crippen LogP contribution in [-0.4, -0.2) is 79.7 Å². The number of hydrogen-bond acceptors (Lipinski definition) is 7. The molecule has 0 N–H and O–H groups in total. The van der Waals surface area contributed by atoms with Crippen LogP contribution in [0.3, 0.4) is 0 Å². The Morgan fingerprint density at radius 2 is 1.22 bits per heavy atom. The largest absolute Gasteiger partial charge is 0.350 e. The maximum atomic E-state index is 13.6. The summed E-state index contributed by atoms with van der Waals surface area (Å²) in [5.41, 5.74) is -1.40. The molecule has 5 aliphatic heterocycles. The molecule has 0 saturated carbocycles. The lowest BCUT2D eigenvalue weighted by Crippen LogP contribution is -2.71. The van der Waals surface area contributed by atoms with Gasteiger partial charge in [0.25, 0.3) is 0 Å². The summed E-state index contributed by atoms with van der Waals surface area (Å²) in [6, 6.07) is -0.602. The van der Waals surface area contributed by atoms with Gasteiger partial charge in [0.2, 0.25) is 11.8 Å². The van der Waals surface area contributed by atoms with Gasteiger partial charge in [0.1, 0.15) is 5.41 Å². The second-order valence-corrected chi connectivity index (χ2v) is 8.12. The number of nitrogens with zero attached hydrogens (tertiary/aromatic N) is 2. The van der Waals surface area contributed by atoms with Crippen LogP contribution in [-0.2, 0) is 28.5 Å². The van der Waals surface area contributed by atoms with E-state index in [1.165, 1.54) is 14.1 Å². The number of hydrogen-bond donors (Lipinski definition) is 0. The monoisotopic (exact) mass is 380 g/mol. The van der Waals surface area contributed by atoms with Crippen molar-refractivity contribution < 1.29 is 33.3 Å². The Labute approximate surface area is 156 Å². The van der Waals surface area contributed by atoms with E-state index in [0.717, 1.165) is 9.80 Å². The molecule has 9 heteroatoms. The van der Waals surface area contributed by atoms with Crippen LogP contribution < -0.4 is 0 Å². The van der Waals surface area contributed by atoms with E-state index < -0.39 is 23.3 Å². The van der Waals surface area contributed by atoms with Gasteiger partial charge < -0.3 is 18.9 Å². The summed E-state index contributed by atoms with van der Waals surface area (Å²) >= 11 is 0. The maximum absolute atomic E-state index is 13.6. The van der Waals surface area contributed by atoms with E-state index in [1.54, 1.807) is 0 Å². The highest BCUT2D eigenvalue weighted by molar-refractivity contribution is 6.19. The van der Waals surface area contributed by atoms with E-state index in [2.05, 4.69) is 0 Å². The van der Waals surface area contributed by atoms with Crippen LogP contribution in [0.4, 0.5) is 4.79 Å². The van der Waals surface area contributed by atoms with Crippen molar-refractivity contribution in [3.05, 3.63) is 0 Å². The third kappa shape index (κ3) is 2.22. The molecule has 4 bridgehead atoms. The van der Waals surface area contributed by atoms with E-state index in [-0.39, 0.29) is 36.6 Å². The second-order valence-electron chi connectivity index (χ2n) is 8.12. The van der Waals surface area contributed by atoms with Crippen LogP contribution >= 0.6 is 0 Å². The molecular formula is C18H24N2O7. The summed E-state index contributed by atoms with van der Waals surface area (Å²) in [4.78, 5) is 41.8. The summed E-state index contributed by atoms with van der Waals surface area (Å²) < 4.78 is 23.1. The van der Waals surface area contributed by atoms with Crippen LogP contribution in [0.2, 0.25) is 0 Å². The van der Waals surface area contributed by atoms with Crippen molar-refractivity contribution >= 4 is 17.8 Å². The molecule has 0 aromatic rings. The summed E-state index contributed by atoms with van der Waals surface area (Å²) in [5.74, 6) is -1.62. The first-order valence-corrected chi connectivity index (χ1v) is 9.59. The Bertz CT molecular complexity index is 641. The van der Waals surface area contributed by atoms with Gasteiger partial charge >= 0.3 is 6.03 Å². The number of rotatable bonds is 2. The number of imide groups is 2. The zero-order valence-electron chi connectivity index (χ0n) is 15.5. The smallest absolute Gasteiger partial charge is 0.332 e. The van der Waals surface area contributed by atoms with Gasteiger partial charge in [-0.25, -0.2) is 4.79 Å². The topological polar surface area (TPSA) is 94.6 Å². The molecular weight excluding hydrogens is 356 g/mol. The predicted molar refractivity (Wildman–Crippen MR) is 88.0 cm³/mol. The van der Waals surface area contributed by atoms with Crippen molar-refractivity contribution in [3.63, 3.8) is 0 Å². The van der Waals surface area contributed by atoms with Gasteiger partial charge in [-0.05, 0) is 25.7 Å². The fraction of sp³-hybridized carbons (Fsp3) is 0.833. The van der Waals surface area contributed by atoms with Crippen molar-refractivity contribution in [3.8, 4) is 0 Å². The number of carbonyl (C=O) groups excluding carboxylic acids is 3. The first-order chi connectivity index (χ1) is 12.9. The molecule has 4 amide bonds. The van der Waals surface area contributed by atoms with E-state index >= 15 is 0 Å². The van der Waals surface area contributed by atoms with Crippen molar-refractivity contribution in [2.45, 2.75) is 50.5 Å². The quantitative estimate of drug-likeness (QED) is 0.637. The molecule has 5 aliphatic rings. The number of carbonyl (C=O) groups is 3. The zero-order valence-corrected chi connectivity index (χ0v) is 15.5. The number of amides is 4. The van der Waals surface area contributed by atoms with Crippen LogP contribution in [0.15, 0.2) is 0 Å². The molecule has 5 saturated heterocycles. The Balaban J connectivity index is 1.64. The summed E-state index contributed by atoms with van der Waals surface area (Å²) in [6.07, 6.45) is 1.31. The lowest BCUT2D eigenvalue weighted by atomic mass is 9.57. The van der Waals surface area contributed by atoms with Crippen molar-refractivity contribution in [2.24, 2.45) is 17.3 Å². The average molecular weight is 380 g/mol. The van der Waals surface area contributed by atoms with Crippen molar-refractivity contribution in [2.75, 3.05) is 27.3 Å². The first-order valence-electron chi connectivity index (χ1n) is 9.59. The van der Waals surface area contributed by atoms with E-state index in [1.807, 2.05) is 0 Å². The van der Waals surface area contributed by atoms with Crippen LogP contribution in [0, 0.1) is 17.3 Å². The molecule has 0 aromatic heterocycles.